The molecule has 2 aromatic heterocycles. The summed E-state index contributed by atoms with van der Waals surface area (Å²) in [4.78, 5) is 23.0. The highest BCUT2D eigenvalue weighted by Gasteiger charge is 2.49. The van der Waals surface area contributed by atoms with Crippen molar-refractivity contribution in [1.82, 2.24) is 35.5 Å². The van der Waals surface area contributed by atoms with Crippen molar-refractivity contribution >= 4 is 16.9 Å². The average Bonchev–Trinajstić information content (AvgIpc) is 3.47. The van der Waals surface area contributed by atoms with E-state index in [-0.39, 0.29) is 17.4 Å². The first kappa shape index (κ1) is 18.2. The van der Waals surface area contributed by atoms with Gasteiger partial charge in [-0.1, -0.05) is 26.0 Å². The largest absolute Gasteiger partial charge is 0.345 e. The van der Waals surface area contributed by atoms with Gasteiger partial charge in [-0.2, -0.15) is 0 Å². The van der Waals surface area contributed by atoms with Crippen LogP contribution in [-0.2, 0) is 11.8 Å². The topological polar surface area (TPSA) is 103 Å². The van der Waals surface area contributed by atoms with E-state index in [9.17, 15) is 4.79 Å². The summed E-state index contributed by atoms with van der Waals surface area (Å²) in [6.45, 7) is 5.37. The molecule has 4 aromatic rings. The van der Waals surface area contributed by atoms with Gasteiger partial charge in [0.1, 0.15) is 0 Å². The van der Waals surface area contributed by atoms with E-state index in [1.807, 2.05) is 18.2 Å². The summed E-state index contributed by atoms with van der Waals surface area (Å²) in [5.41, 5.74) is 6.16. The van der Waals surface area contributed by atoms with Crippen LogP contribution >= 0.6 is 0 Å². The quantitative estimate of drug-likeness (QED) is 0.526. The summed E-state index contributed by atoms with van der Waals surface area (Å²) in [5.74, 6) is 1.13. The van der Waals surface area contributed by atoms with Gasteiger partial charge in [-0.05, 0) is 70.0 Å². The van der Waals surface area contributed by atoms with Crippen LogP contribution < -0.4 is 0 Å². The molecule has 3 heterocycles. The van der Waals surface area contributed by atoms with E-state index in [0.717, 1.165) is 36.0 Å². The molecule has 0 unspecified atom stereocenters. The second kappa shape index (κ2) is 6.47. The zero-order valence-corrected chi connectivity index (χ0v) is 17.5. The lowest BCUT2D eigenvalue weighted by Gasteiger charge is -2.54. The van der Waals surface area contributed by atoms with E-state index in [2.05, 4.69) is 67.5 Å². The first-order valence-electron chi connectivity index (χ1n) is 10.7. The fourth-order valence-corrected chi connectivity index (χ4v) is 5.53. The second-order valence-electron chi connectivity index (χ2n) is 8.98. The second-order valence-corrected chi connectivity index (χ2v) is 8.98. The van der Waals surface area contributed by atoms with Gasteiger partial charge in [0.25, 0.3) is 5.91 Å². The number of aromatic nitrogens is 6. The fourth-order valence-electron chi connectivity index (χ4n) is 5.53. The third-order valence-electron chi connectivity index (χ3n) is 7.56. The van der Waals surface area contributed by atoms with E-state index in [0.29, 0.717) is 17.3 Å². The van der Waals surface area contributed by atoms with Crippen LogP contribution in [0.5, 0.6) is 0 Å². The lowest BCUT2D eigenvalue weighted by Crippen LogP contribution is -2.59. The van der Waals surface area contributed by atoms with Gasteiger partial charge >= 0.3 is 0 Å². The molecule has 1 amide bonds. The molecule has 1 fully saturated rings. The molecule has 6 rings (SSSR count). The molecule has 2 aliphatic rings. The van der Waals surface area contributed by atoms with Gasteiger partial charge in [0.2, 0.25) is 0 Å². The minimum atomic E-state index is 0.00577. The van der Waals surface area contributed by atoms with Gasteiger partial charge in [-0.25, -0.2) is 10.1 Å². The first-order valence-corrected chi connectivity index (χ1v) is 10.7. The van der Waals surface area contributed by atoms with Crippen LogP contribution in [0.2, 0.25) is 0 Å². The summed E-state index contributed by atoms with van der Waals surface area (Å²) in [6, 6.07) is 12.4. The number of H-pyrrole nitrogens is 2. The number of piperidine rings is 1. The van der Waals surface area contributed by atoms with Crippen LogP contribution in [0.15, 0.2) is 42.7 Å². The van der Waals surface area contributed by atoms with Crippen LogP contribution in [0.3, 0.4) is 0 Å². The molecule has 3 atom stereocenters. The Morgan fingerprint density at radius 1 is 1.23 bits per heavy atom. The fraction of sp³-hybridized carbons (Fsp3) is 0.348. The van der Waals surface area contributed by atoms with Crippen molar-refractivity contribution < 1.29 is 4.79 Å². The number of carbonyl (C=O) groups excluding carboxylic acids is 1. The molecule has 2 bridgehead atoms. The predicted molar refractivity (Wildman–Crippen MR) is 115 cm³/mol. The number of hydrogen-bond donors (Lipinski definition) is 2. The van der Waals surface area contributed by atoms with Crippen molar-refractivity contribution in [2.24, 2.45) is 5.92 Å². The van der Waals surface area contributed by atoms with E-state index in [4.69, 9.17) is 0 Å². The maximum atomic E-state index is 13.5. The highest BCUT2D eigenvalue weighted by Crippen LogP contribution is 2.49. The average molecular weight is 413 g/mol. The maximum absolute atomic E-state index is 13.5. The third kappa shape index (κ3) is 2.64. The Balaban J connectivity index is 1.36. The summed E-state index contributed by atoms with van der Waals surface area (Å²) >= 11 is 0. The van der Waals surface area contributed by atoms with Gasteiger partial charge in [0.15, 0.2) is 5.82 Å². The maximum Gasteiger partial charge on any atom is 0.254 e. The Labute approximate surface area is 179 Å². The predicted octanol–water partition coefficient (Wildman–Crippen LogP) is 3.11. The smallest absolute Gasteiger partial charge is 0.254 e. The van der Waals surface area contributed by atoms with Crippen LogP contribution in [0.1, 0.15) is 41.8 Å². The van der Waals surface area contributed by atoms with Gasteiger partial charge in [-0.3, -0.25) is 4.79 Å². The van der Waals surface area contributed by atoms with Gasteiger partial charge in [0.05, 0.1) is 17.4 Å². The van der Waals surface area contributed by atoms with Crippen molar-refractivity contribution in [3.63, 3.8) is 0 Å². The Hall–Kier alpha value is -3.55. The molecule has 1 aliphatic carbocycles. The molecule has 156 valence electrons. The summed E-state index contributed by atoms with van der Waals surface area (Å²) < 4.78 is 0. The van der Waals surface area contributed by atoms with E-state index in [1.165, 1.54) is 11.1 Å². The molecular weight excluding hydrogens is 390 g/mol. The number of nitrogens with one attached hydrogen (secondary N) is 2. The number of likely N-dealkylation sites (tertiary alicyclic amines) is 1. The van der Waals surface area contributed by atoms with Crippen LogP contribution in [0, 0.1) is 5.92 Å². The Morgan fingerprint density at radius 3 is 2.97 bits per heavy atom. The van der Waals surface area contributed by atoms with Crippen molar-refractivity contribution in [3.8, 4) is 11.4 Å². The Kier molecular flexibility index (Phi) is 3.81. The lowest BCUT2D eigenvalue weighted by atomic mass is 9.58. The molecule has 1 aliphatic heterocycles. The van der Waals surface area contributed by atoms with Crippen LogP contribution in [0.25, 0.3) is 22.4 Å². The highest BCUT2D eigenvalue weighted by atomic mass is 16.2. The van der Waals surface area contributed by atoms with E-state index >= 15 is 0 Å². The van der Waals surface area contributed by atoms with Crippen molar-refractivity contribution in [2.75, 3.05) is 6.54 Å². The molecular formula is C23H23N7O. The van der Waals surface area contributed by atoms with Crippen molar-refractivity contribution in [1.29, 1.82) is 0 Å². The molecule has 0 spiro atoms. The van der Waals surface area contributed by atoms with Gasteiger partial charge < -0.3 is 9.88 Å². The molecule has 8 heteroatoms. The molecule has 8 nitrogen and oxygen atoms in total. The number of fused-ring (bicyclic) bond motifs is 5. The number of imidazole rings is 1. The third-order valence-corrected chi connectivity index (χ3v) is 7.56. The number of tetrazole rings is 1. The molecule has 0 radical (unpaired) electrons. The zero-order valence-electron chi connectivity index (χ0n) is 17.5. The van der Waals surface area contributed by atoms with E-state index in [1.54, 1.807) is 6.33 Å². The van der Waals surface area contributed by atoms with Crippen LogP contribution in [0.4, 0.5) is 0 Å². The number of benzene rings is 2. The Morgan fingerprint density at radius 2 is 2.13 bits per heavy atom. The number of carbonyl (C=O) groups is 1. The molecule has 2 aromatic carbocycles. The number of nitrogens with zero attached hydrogens (tertiary/aromatic N) is 5. The zero-order chi connectivity index (χ0) is 21.2. The SMILES string of the molecule is C[C@@H]1[C@H]2Cc3ccc(-c4nnn[nH]4)cc3[C@]1(C)CCN2C(=O)c1ccc2nc[nH]c2c1. The summed E-state index contributed by atoms with van der Waals surface area (Å²) in [6.07, 6.45) is 3.45. The summed E-state index contributed by atoms with van der Waals surface area (Å²) in [5, 5.41) is 14.3. The van der Waals surface area contributed by atoms with E-state index < -0.39 is 0 Å². The Bertz CT molecular complexity index is 1290. The molecule has 0 saturated carbocycles. The minimum Gasteiger partial charge on any atom is -0.345 e. The van der Waals surface area contributed by atoms with Crippen molar-refractivity contribution in [2.45, 2.75) is 38.1 Å². The number of aromatic amines is 2. The summed E-state index contributed by atoms with van der Waals surface area (Å²) in [7, 11) is 0. The van der Waals surface area contributed by atoms with Crippen molar-refractivity contribution in [3.05, 3.63) is 59.4 Å². The minimum absolute atomic E-state index is 0.00577. The monoisotopic (exact) mass is 413 g/mol. The first-order chi connectivity index (χ1) is 15.0. The molecule has 2 N–H and O–H groups in total. The standard InChI is InChI=1S/C23H23N7O/c1-13-20-11-14-3-4-15(21-26-28-29-27-21)9-17(14)23(13,2)7-8-30(20)22(31)16-5-6-18-19(10-16)25-12-24-18/h3-6,9-10,12-13,20H,7-8,11H2,1-2H3,(H,24,25)(H,26,27,28,29)/t13-,20-,23-/m1/s1. The number of hydrogen-bond acceptors (Lipinski definition) is 5. The van der Waals surface area contributed by atoms with Gasteiger partial charge in [0, 0.05) is 23.7 Å². The van der Waals surface area contributed by atoms with Crippen LogP contribution in [-0.4, -0.2) is 54.0 Å². The number of amides is 1. The molecule has 31 heavy (non-hydrogen) atoms. The molecule has 1 saturated heterocycles. The number of rotatable bonds is 2. The van der Waals surface area contributed by atoms with Gasteiger partial charge in [-0.15, -0.1) is 5.10 Å². The normalized spacial score (nSPS) is 24.9. The lowest BCUT2D eigenvalue weighted by molar-refractivity contribution is 0.0251. The highest BCUT2D eigenvalue weighted by molar-refractivity contribution is 5.97.